The summed E-state index contributed by atoms with van der Waals surface area (Å²) in [5.41, 5.74) is 4.11. The lowest BCUT2D eigenvalue weighted by molar-refractivity contribution is -0.115. The molecule has 0 saturated carbocycles. The average Bonchev–Trinajstić information content (AvgIpc) is 3.33. The van der Waals surface area contributed by atoms with Crippen LogP contribution in [0, 0.1) is 6.92 Å². The summed E-state index contributed by atoms with van der Waals surface area (Å²) in [6.07, 6.45) is 0. The van der Waals surface area contributed by atoms with Crippen molar-refractivity contribution >= 4 is 45.7 Å². The molecule has 0 aliphatic carbocycles. The molecule has 0 saturated heterocycles. The van der Waals surface area contributed by atoms with Gasteiger partial charge in [0.15, 0.2) is 5.13 Å². The highest BCUT2D eigenvalue weighted by molar-refractivity contribution is 8.00. The van der Waals surface area contributed by atoms with E-state index in [1.165, 1.54) is 23.1 Å². The number of amides is 2. The Labute approximate surface area is 212 Å². The van der Waals surface area contributed by atoms with E-state index < -0.39 is 0 Å². The molecule has 0 aliphatic heterocycles. The van der Waals surface area contributed by atoms with Gasteiger partial charge in [-0.3, -0.25) is 9.59 Å². The molecule has 2 amide bonds. The third-order valence-corrected chi connectivity index (χ3v) is 7.06. The number of aryl methyl sites for hydroxylation is 1. The van der Waals surface area contributed by atoms with Crippen LogP contribution in [0.25, 0.3) is 11.3 Å². The molecule has 8 heteroatoms. The van der Waals surface area contributed by atoms with Gasteiger partial charge in [0.05, 0.1) is 18.1 Å². The van der Waals surface area contributed by atoms with Crippen LogP contribution in [0.5, 0.6) is 5.75 Å². The van der Waals surface area contributed by atoms with E-state index >= 15 is 0 Å². The molecule has 1 heterocycles. The van der Waals surface area contributed by atoms with Gasteiger partial charge in [-0.25, -0.2) is 4.98 Å². The van der Waals surface area contributed by atoms with Crippen LogP contribution in [0.2, 0.25) is 0 Å². The van der Waals surface area contributed by atoms with Crippen LogP contribution >= 0.6 is 23.1 Å². The van der Waals surface area contributed by atoms with Crippen molar-refractivity contribution in [1.82, 2.24) is 4.98 Å². The van der Waals surface area contributed by atoms with E-state index in [0.29, 0.717) is 16.4 Å². The highest BCUT2D eigenvalue weighted by atomic mass is 32.2. The number of carbonyl (C=O) groups is 2. The Morgan fingerprint density at radius 2 is 1.74 bits per heavy atom. The molecule has 4 aromatic rings. The Hall–Kier alpha value is -3.62. The number of hydrogen-bond donors (Lipinski definition) is 2. The Morgan fingerprint density at radius 3 is 2.43 bits per heavy atom. The number of hydrogen-bond acceptors (Lipinski definition) is 6. The molecule has 6 nitrogen and oxygen atoms in total. The first-order chi connectivity index (χ1) is 16.9. The normalized spacial score (nSPS) is 11.5. The summed E-state index contributed by atoms with van der Waals surface area (Å²) in [6, 6.07) is 22.5. The SMILES string of the molecule is COc1ccc(-c2csc(NC(=O)C(C)Sc3ccc(NC(=O)c4cccc(C)c4)cc3)n2)cc1. The molecule has 35 heavy (non-hydrogen) atoms. The van der Waals surface area contributed by atoms with Crippen molar-refractivity contribution in [2.45, 2.75) is 24.0 Å². The summed E-state index contributed by atoms with van der Waals surface area (Å²) in [4.78, 5) is 30.6. The summed E-state index contributed by atoms with van der Waals surface area (Å²) in [6.45, 7) is 3.81. The largest absolute Gasteiger partial charge is 0.497 e. The van der Waals surface area contributed by atoms with Crippen LogP contribution in [-0.4, -0.2) is 29.2 Å². The fraction of sp³-hybridized carbons (Fsp3) is 0.148. The molecular formula is C27H25N3O3S2. The Kier molecular flexibility index (Phi) is 7.84. The van der Waals surface area contributed by atoms with Gasteiger partial charge in [0.1, 0.15) is 5.75 Å². The second-order valence-electron chi connectivity index (χ2n) is 7.86. The summed E-state index contributed by atoms with van der Waals surface area (Å²) in [5.74, 6) is 0.506. The van der Waals surface area contributed by atoms with Crippen molar-refractivity contribution in [1.29, 1.82) is 0 Å². The van der Waals surface area contributed by atoms with Crippen LogP contribution in [0.15, 0.2) is 83.1 Å². The fourth-order valence-electron chi connectivity index (χ4n) is 3.30. The van der Waals surface area contributed by atoms with Crippen LogP contribution in [0.4, 0.5) is 10.8 Å². The maximum absolute atomic E-state index is 12.7. The zero-order chi connectivity index (χ0) is 24.8. The lowest BCUT2D eigenvalue weighted by Gasteiger charge is -2.11. The molecule has 1 aromatic heterocycles. The van der Waals surface area contributed by atoms with Gasteiger partial charge < -0.3 is 15.4 Å². The maximum atomic E-state index is 12.7. The number of nitrogens with one attached hydrogen (secondary N) is 2. The monoisotopic (exact) mass is 503 g/mol. The van der Waals surface area contributed by atoms with Gasteiger partial charge in [0, 0.05) is 27.1 Å². The summed E-state index contributed by atoms with van der Waals surface area (Å²) < 4.78 is 5.19. The van der Waals surface area contributed by atoms with E-state index in [0.717, 1.165) is 27.5 Å². The third-order valence-electron chi connectivity index (χ3n) is 5.19. The topological polar surface area (TPSA) is 80.3 Å². The zero-order valence-electron chi connectivity index (χ0n) is 19.6. The van der Waals surface area contributed by atoms with Gasteiger partial charge in [0.25, 0.3) is 5.91 Å². The number of anilines is 2. The van der Waals surface area contributed by atoms with Crippen molar-refractivity contribution in [3.05, 3.63) is 89.3 Å². The minimum absolute atomic E-state index is 0.123. The van der Waals surface area contributed by atoms with E-state index in [1.54, 1.807) is 13.2 Å². The highest BCUT2D eigenvalue weighted by Crippen LogP contribution is 2.29. The van der Waals surface area contributed by atoms with Crippen molar-refractivity contribution in [2.24, 2.45) is 0 Å². The molecule has 0 fully saturated rings. The van der Waals surface area contributed by atoms with Crippen molar-refractivity contribution in [3.8, 4) is 17.0 Å². The smallest absolute Gasteiger partial charge is 0.255 e. The highest BCUT2D eigenvalue weighted by Gasteiger charge is 2.17. The fourth-order valence-corrected chi connectivity index (χ4v) is 4.89. The van der Waals surface area contributed by atoms with Crippen LogP contribution in [-0.2, 0) is 4.79 Å². The number of methoxy groups -OCH3 is 1. The first-order valence-corrected chi connectivity index (χ1v) is 12.7. The Balaban J connectivity index is 1.31. The van der Waals surface area contributed by atoms with Crippen molar-refractivity contribution < 1.29 is 14.3 Å². The Bertz CT molecular complexity index is 1320. The van der Waals surface area contributed by atoms with Crippen molar-refractivity contribution in [3.63, 3.8) is 0 Å². The first kappa shape index (κ1) is 24.5. The van der Waals surface area contributed by atoms with E-state index in [1.807, 2.05) is 86.0 Å². The summed E-state index contributed by atoms with van der Waals surface area (Å²) in [7, 11) is 1.63. The van der Waals surface area contributed by atoms with Crippen LogP contribution in [0.1, 0.15) is 22.8 Å². The number of thioether (sulfide) groups is 1. The molecule has 0 aliphatic rings. The molecule has 3 aromatic carbocycles. The quantitative estimate of drug-likeness (QED) is 0.268. The minimum Gasteiger partial charge on any atom is -0.497 e. The molecule has 0 bridgehead atoms. The van der Waals surface area contributed by atoms with E-state index in [4.69, 9.17) is 4.74 Å². The minimum atomic E-state index is -0.323. The van der Waals surface area contributed by atoms with E-state index in [-0.39, 0.29) is 17.1 Å². The number of thiazole rings is 1. The molecular weight excluding hydrogens is 478 g/mol. The number of ether oxygens (including phenoxy) is 1. The standard InChI is InChI=1S/C27H25N3O3S2/c1-17-5-4-6-20(15-17)26(32)28-21-9-13-23(14-10-21)35-18(2)25(31)30-27-29-24(16-34-27)19-7-11-22(33-3)12-8-19/h4-16,18H,1-3H3,(H,28,32)(H,29,30,31). The lowest BCUT2D eigenvalue weighted by atomic mass is 10.1. The molecule has 178 valence electrons. The lowest BCUT2D eigenvalue weighted by Crippen LogP contribution is -2.22. The van der Waals surface area contributed by atoms with Gasteiger partial charge in [-0.2, -0.15) is 0 Å². The second-order valence-corrected chi connectivity index (χ2v) is 10.1. The average molecular weight is 504 g/mol. The second kappa shape index (κ2) is 11.2. The van der Waals surface area contributed by atoms with E-state index in [2.05, 4.69) is 15.6 Å². The first-order valence-electron chi connectivity index (χ1n) is 11.0. The number of carbonyl (C=O) groups excluding carboxylic acids is 2. The van der Waals surface area contributed by atoms with Crippen LogP contribution in [0.3, 0.4) is 0 Å². The van der Waals surface area contributed by atoms with Gasteiger partial charge in [-0.1, -0.05) is 17.7 Å². The number of nitrogens with zero attached hydrogens (tertiary/aromatic N) is 1. The third kappa shape index (κ3) is 6.49. The molecule has 2 N–H and O–H groups in total. The number of aromatic nitrogens is 1. The molecule has 1 atom stereocenters. The predicted octanol–water partition coefficient (Wildman–Crippen LogP) is 6.50. The van der Waals surface area contributed by atoms with Crippen molar-refractivity contribution in [2.75, 3.05) is 17.7 Å². The molecule has 4 rings (SSSR count). The molecule has 0 spiro atoms. The van der Waals surface area contributed by atoms with Gasteiger partial charge in [-0.15, -0.1) is 23.1 Å². The van der Waals surface area contributed by atoms with Crippen LogP contribution < -0.4 is 15.4 Å². The summed E-state index contributed by atoms with van der Waals surface area (Å²) in [5, 5.41) is 7.95. The Morgan fingerprint density at radius 1 is 1.00 bits per heavy atom. The van der Waals surface area contributed by atoms with E-state index in [9.17, 15) is 9.59 Å². The molecule has 1 unspecified atom stereocenters. The number of rotatable bonds is 8. The van der Waals surface area contributed by atoms with Gasteiger partial charge >= 0.3 is 0 Å². The predicted molar refractivity (Wildman–Crippen MR) is 144 cm³/mol. The maximum Gasteiger partial charge on any atom is 0.255 e. The van der Waals surface area contributed by atoms with Gasteiger partial charge in [0.2, 0.25) is 5.91 Å². The summed E-state index contributed by atoms with van der Waals surface area (Å²) >= 11 is 2.83. The van der Waals surface area contributed by atoms with Gasteiger partial charge in [-0.05, 0) is 74.5 Å². The number of benzene rings is 3. The zero-order valence-corrected chi connectivity index (χ0v) is 21.2. The molecule has 0 radical (unpaired) electrons.